The highest BCUT2D eigenvalue weighted by molar-refractivity contribution is 4.75. The van der Waals surface area contributed by atoms with Gasteiger partial charge in [0.2, 0.25) is 0 Å². The van der Waals surface area contributed by atoms with Crippen LogP contribution in [0, 0.1) is 0 Å². The minimum Gasteiger partial charge on any atom is -0.383 e. The van der Waals surface area contributed by atoms with Crippen LogP contribution in [0.15, 0.2) is 0 Å². The molecule has 18 heavy (non-hydrogen) atoms. The summed E-state index contributed by atoms with van der Waals surface area (Å²) in [6.07, 6.45) is 2.75. The first-order valence-electron chi connectivity index (χ1n) is 7.28. The molecule has 0 saturated carbocycles. The molecule has 4 heteroatoms. The molecule has 1 atom stereocenters. The average molecular weight is 257 g/mol. The molecule has 1 heterocycles. The first-order valence-corrected chi connectivity index (χ1v) is 7.28. The van der Waals surface area contributed by atoms with E-state index >= 15 is 0 Å². The summed E-state index contributed by atoms with van der Waals surface area (Å²) in [4.78, 5) is 4.99. The highest BCUT2D eigenvalue weighted by atomic mass is 16.5. The van der Waals surface area contributed by atoms with Crippen molar-refractivity contribution in [2.24, 2.45) is 0 Å². The van der Waals surface area contributed by atoms with E-state index in [1.54, 1.807) is 7.11 Å². The lowest BCUT2D eigenvalue weighted by Gasteiger charge is -2.30. The molecule has 1 unspecified atom stereocenters. The Bertz CT molecular complexity index is 205. The topological polar surface area (TPSA) is 27.7 Å². The summed E-state index contributed by atoms with van der Waals surface area (Å²) in [6, 6.07) is 1.01. The number of rotatable bonds is 9. The van der Waals surface area contributed by atoms with Crippen LogP contribution in [0.4, 0.5) is 0 Å². The largest absolute Gasteiger partial charge is 0.383 e. The quantitative estimate of drug-likeness (QED) is 0.668. The van der Waals surface area contributed by atoms with Crippen LogP contribution < -0.4 is 5.32 Å². The molecule has 0 aromatic rings. The molecule has 1 rings (SSSR count). The molecule has 0 aliphatic carbocycles. The monoisotopic (exact) mass is 257 g/mol. The van der Waals surface area contributed by atoms with E-state index in [2.05, 4.69) is 36.0 Å². The Morgan fingerprint density at radius 2 is 1.94 bits per heavy atom. The van der Waals surface area contributed by atoms with Gasteiger partial charge in [0.15, 0.2) is 0 Å². The molecule has 1 saturated heterocycles. The summed E-state index contributed by atoms with van der Waals surface area (Å²) in [5, 5.41) is 3.50. The van der Waals surface area contributed by atoms with Gasteiger partial charge in [0.25, 0.3) is 0 Å². The predicted octanol–water partition coefficient (Wildman–Crippen LogP) is 1.03. The maximum atomic E-state index is 5.33. The molecule has 108 valence electrons. The van der Waals surface area contributed by atoms with Crippen molar-refractivity contribution in [3.63, 3.8) is 0 Å². The standard InChI is InChI=1S/C14H31N3O/c1-13(2)15-11-14(12-18-4)16(3)9-10-17-7-5-6-8-17/h13-15H,5-12H2,1-4H3. The normalized spacial score (nSPS) is 19.0. The smallest absolute Gasteiger partial charge is 0.0630 e. The molecule has 0 aromatic carbocycles. The SMILES string of the molecule is COCC(CNC(C)C)N(C)CCN1CCCC1. The minimum absolute atomic E-state index is 0.472. The Morgan fingerprint density at radius 1 is 1.28 bits per heavy atom. The summed E-state index contributed by atoms with van der Waals surface area (Å²) in [5.74, 6) is 0. The Hall–Kier alpha value is -0.160. The summed E-state index contributed by atoms with van der Waals surface area (Å²) in [7, 11) is 4.00. The first-order chi connectivity index (χ1) is 8.63. The van der Waals surface area contributed by atoms with Gasteiger partial charge in [-0.2, -0.15) is 0 Å². The van der Waals surface area contributed by atoms with Gasteiger partial charge in [-0.3, -0.25) is 4.90 Å². The van der Waals surface area contributed by atoms with E-state index in [1.165, 1.54) is 32.5 Å². The summed E-state index contributed by atoms with van der Waals surface area (Å²) < 4.78 is 5.33. The van der Waals surface area contributed by atoms with Gasteiger partial charge in [0.05, 0.1) is 6.61 Å². The van der Waals surface area contributed by atoms with Crippen molar-refractivity contribution in [1.29, 1.82) is 0 Å². The minimum atomic E-state index is 0.472. The second-order valence-corrected chi connectivity index (χ2v) is 5.70. The molecule has 0 radical (unpaired) electrons. The number of likely N-dealkylation sites (tertiary alicyclic amines) is 1. The zero-order valence-corrected chi connectivity index (χ0v) is 12.6. The molecular formula is C14H31N3O. The van der Waals surface area contributed by atoms with Gasteiger partial charge in [0, 0.05) is 38.8 Å². The second kappa shape index (κ2) is 8.86. The summed E-state index contributed by atoms with van der Waals surface area (Å²) in [5.41, 5.74) is 0. The molecular weight excluding hydrogens is 226 g/mol. The van der Waals surface area contributed by atoms with Gasteiger partial charge in [-0.25, -0.2) is 0 Å². The van der Waals surface area contributed by atoms with Gasteiger partial charge in [-0.15, -0.1) is 0 Å². The van der Waals surface area contributed by atoms with Crippen molar-refractivity contribution in [3.8, 4) is 0 Å². The lowest BCUT2D eigenvalue weighted by molar-refractivity contribution is 0.0980. The Kier molecular flexibility index (Phi) is 7.82. The Balaban J connectivity index is 2.25. The number of nitrogens with zero attached hydrogens (tertiary/aromatic N) is 2. The number of nitrogens with one attached hydrogen (secondary N) is 1. The molecule has 1 aliphatic heterocycles. The molecule has 0 spiro atoms. The number of hydrogen-bond donors (Lipinski definition) is 1. The molecule has 0 amide bonds. The number of ether oxygens (including phenoxy) is 1. The number of likely N-dealkylation sites (N-methyl/N-ethyl adjacent to an activating group) is 1. The number of methoxy groups -OCH3 is 1. The zero-order valence-electron chi connectivity index (χ0n) is 12.6. The fraction of sp³-hybridized carbons (Fsp3) is 1.00. The van der Waals surface area contributed by atoms with E-state index in [-0.39, 0.29) is 0 Å². The van der Waals surface area contributed by atoms with Crippen molar-refractivity contribution in [2.45, 2.75) is 38.8 Å². The second-order valence-electron chi connectivity index (χ2n) is 5.70. The van der Waals surface area contributed by atoms with E-state index in [1.807, 2.05) is 0 Å². The molecule has 1 aliphatic rings. The van der Waals surface area contributed by atoms with E-state index in [4.69, 9.17) is 4.74 Å². The third-order valence-electron chi connectivity index (χ3n) is 3.71. The highest BCUT2D eigenvalue weighted by Crippen LogP contribution is 2.07. The van der Waals surface area contributed by atoms with Crippen LogP contribution in [-0.2, 0) is 4.74 Å². The van der Waals surface area contributed by atoms with Crippen molar-refractivity contribution in [3.05, 3.63) is 0 Å². The van der Waals surface area contributed by atoms with E-state index < -0.39 is 0 Å². The number of hydrogen-bond acceptors (Lipinski definition) is 4. The van der Waals surface area contributed by atoms with Gasteiger partial charge in [-0.1, -0.05) is 13.8 Å². The average Bonchev–Trinajstić information content (AvgIpc) is 2.84. The van der Waals surface area contributed by atoms with Crippen molar-refractivity contribution in [2.75, 3.05) is 53.5 Å². The predicted molar refractivity (Wildman–Crippen MR) is 77.1 cm³/mol. The summed E-state index contributed by atoms with van der Waals surface area (Å²) in [6.45, 7) is 11.1. The van der Waals surface area contributed by atoms with Gasteiger partial charge >= 0.3 is 0 Å². The maximum Gasteiger partial charge on any atom is 0.0630 e. The molecule has 0 bridgehead atoms. The zero-order chi connectivity index (χ0) is 13.4. The first kappa shape index (κ1) is 15.9. The van der Waals surface area contributed by atoms with Crippen LogP contribution in [0.2, 0.25) is 0 Å². The fourth-order valence-electron chi connectivity index (χ4n) is 2.39. The third kappa shape index (κ3) is 6.14. The van der Waals surface area contributed by atoms with E-state index in [9.17, 15) is 0 Å². The Morgan fingerprint density at radius 3 is 2.50 bits per heavy atom. The highest BCUT2D eigenvalue weighted by Gasteiger charge is 2.17. The van der Waals surface area contributed by atoms with Crippen molar-refractivity contribution in [1.82, 2.24) is 15.1 Å². The lowest BCUT2D eigenvalue weighted by atomic mass is 10.2. The molecule has 1 N–H and O–H groups in total. The molecule has 4 nitrogen and oxygen atoms in total. The maximum absolute atomic E-state index is 5.33. The summed E-state index contributed by atoms with van der Waals surface area (Å²) >= 11 is 0. The fourth-order valence-corrected chi connectivity index (χ4v) is 2.39. The molecule has 1 fully saturated rings. The van der Waals surface area contributed by atoms with Crippen LogP contribution in [0.5, 0.6) is 0 Å². The van der Waals surface area contributed by atoms with Crippen LogP contribution in [0.3, 0.4) is 0 Å². The van der Waals surface area contributed by atoms with Gasteiger partial charge < -0.3 is 15.0 Å². The van der Waals surface area contributed by atoms with Crippen molar-refractivity contribution >= 4 is 0 Å². The van der Waals surface area contributed by atoms with Gasteiger partial charge in [0.1, 0.15) is 0 Å². The van der Waals surface area contributed by atoms with Crippen LogP contribution >= 0.6 is 0 Å². The van der Waals surface area contributed by atoms with E-state index in [0.29, 0.717) is 12.1 Å². The van der Waals surface area contributed by atoms with Crippen LogP contribution in [0.25, 0.3) is 0 Å². The molecule has 0 aromatic heterocycles. The Labute approximate surface area is 113 Å². The van der Waals surface area contributed by atoms with Crippen LogP contribution in [0.1, 0.15) is 26.7 Å². The lowest BCUT2D eigenvalue weighted by Crippen LogP contribution is -2.47. The van der Waals surface area contributed by atoms with Gasteiger partial charge in [-0.05, 0) is 33.0 Å². The van der Waals surface area contributed by atoms with Crippen LogP contribution in [-0.4, -0.2) is 75.4 Å². The van der Waals surface area contributed by atoms with E-state index in [0.717, 1.165) is 19.7 Å². The third-order valence-corrected chi connectivity index (χ3v) is 3.71. The van der Waals surface area contributed by atoms with Crippen molar-refractivity contribution < 1.29 is 4.74 Å².